The molecule has 0 spiro atoms. The zero-order valence-electron chi connectivity index (χ0n) is 16.6. The van der Waals surface area contributed by atoms with Gasteiger partial charge in [0, 0.05) is 0 Å². The van der Waals surface area contributed by atoms with Gasteiger partial charge in [-0.05, 0) is 86.0 Å². The molecule has 0 heterocycles. The second-order valence-electron chi connectivity index (χ2n) is 8.51. The Bertz CT molecular complexity index is 590. The number of hydrogen-bond donors (Lipinski definition) is 1. The molecule has 3 rings (SSSR count). The third-order valence-corrected chi connectivity index (χ3v) is 7.30. The van der Waals surface area contributed by atoms with Crippen LogP contribution >= 0.6 is 12.6 Å². The van der Waals surface area contributed by atoms with E-state index in [2.05, 4.69) is 19.6 Å². The number of thiol groups is 1. The second-order valence-corrected chi connectivity index (χ2v) is 8.95. The van der Waals surface area contributed by atoms with E-state index in [1.165, 1.54) is 32.1 Å². The maximum absolute atomic E-state index is 14.6. The minimum atomic E-state index is -0.827. The van der Waals surface area contributed by atoms with Gasteiger partial charge < -0.3 is 4.74 Å². The average Bonchev–Trinajstić information content (AvgIpc) is 2.72. The first-order valence-electron chi connectivity index (χ1n) is 10.9. The second kappa shape index (κ2) is 10.1. The molecular formula is C23H34F2OS. The number of benzene rings is 1. The lowest BCUT2D eigenvalue weighted by Crippen LogP contribution is -2.25. The van der Waals surface area contributed by atoms with E-state index in [9.17, 15) is 8.78 Å². The van der Waals surface area contributed by atoms with Crippen LogP contribution in [0.5, 0.6) is 5.75 Å². The summed E-state index contributed by atoms with van der Waals surface area (Å²) >= 11 is 4.11. The highest BCUT2D eigenvalue weighted by atomic mass is 32.1. The molecule has 0 N–H and O–H groups in total. The van der Waals surface area contributed by atoms with E-state index >= 15 is 0 Å². The lowest BCUT2D eigenvalue weighted by molar-refractivity contribution is 0.158. The summed E-state index contributed by atoms with van der Waals surface area (Å²) in [5, 5.41) is 0. The third-order valence-electron chi connectivity index (χ3n) is 6.98. The predicted molar refractivity (Wildman–Crippen MR) is 111 cm³/mol. The summed E-state index contributed by atoms with van der Waals surface area (Å²) in [6.45, 7) is 2.67. The molecule has 0 radical (unpaired) electrons. The fraction of sp³-hybridized carbons (Fsp3) is 0.739. The van der Waals surface area contributed by atoms with Crippen LogP contribution in [0, 0.1) is 29.4 Å². The summed E-state index contributed by atoms with van der Waals surface area (Å²) in [6, 6.07) is 3.34. The van der Waals surface area contributed by atoms with Crippen molar-refractivity contribution in [3.63, 3.8) is 0 Å². The van der Waals surface area contributed by atoms with Crippen molar-refractivity contribution in [3.8, 4) is 5.75 Å². The van der Waals surface area contributed by atoms with Crippen LogP contribution in [0.1, 0.15) is 82.6 Å². The molecule has 2 fully saturated rings. The van der Waals surface area contributed by atoms with Crippen molar-refractivity contribution in [1.82, 2.24) is 0 Å². The minimum Gasteiger partial charge on any atom is -0.490 e. The van der Waals surface area contributed by atoms with Crippen molar-refractivity contribution < 1.29 is 13.5 Å². The highest BCUT2D eigenvalue weighted by Gasteiger charge is 2.32. The lowest BCUT2D eigenvalue weighted by Gasteiger charge is -2.38. The summed E-state index contributed by atoms with van der Waals surface area (Å²) in [5.41, 5.74) is 0.544. The fourth-order valence-electron chi connectivity index (χ4n) is 5.19. The molecule has 1 aromatic carbocycles. The molecule has 0 unspecified atom stereocenters. The van der Waals surface area contributed by atoms with E-state index in [4.69, 9.17) is 4.74 Å². The van der Waals surface area contributed by atoms with Crippen molar-refractivity contribution in [2.45, 2.75) is 77.0 Å². The maximum Gasteiger partial charge on any atom is 0.200 e. The van der Waals surface area contributed by atoms with Crippen LogP contribution in [0.25, 0.3) is 0 Å². The molecule has 152 valence electrons. The van der Waals surface area contributed by atoms with Crippen LogP contribution in [0.4, 0.5) is 8.78 Å². The quantitative estimate of drug-likeness (QED) is 0.380. The molecule has 0 bridgehead atoms. The van der Waals surface area contributed by atoms with Crippen molar-refractivity contribution in [3.05, 3.63) is 29.3 Å². The van der Waals surface area contributed by atoms with Gasteiger partial charge in [0.05, 0.1) is 6.61 Å². The zero-order chi connectivity index (χ0) is 19.2. The normalized spacial score (nSPS) is 28.9. The van der Waals surface area contributed by atoms with Gasteiger partial charge in [-0.25, -0.2) is 4.39 Å². The van der Waals surface area contributed by atoms with Crippen LogP contribution < -0.4 is 4.74 Å². The molecule has 2 aliphatic rings. The van der Waals surface area contributed by atoms with Gasteiger partial charge in [-0.15, -0.1) is 0 Å². The van der Waals surface area contributed by atoms with Crippen LogP contribution in [-0.2, 0) is 0 Å². The molecule has 0 amide bonds. The van der Waals surface area contributed by atoms with E-state index in [0.717, 1.165) is 49.9 Å². The van der Waals surface area contributed by atoms with E-state index in [0.29, 0.717) is 17.9 Å². The molecule has 1 nitrogen and oxygen atoms in total. The number of hydrogen-bond acceptors (Lipinski definition) is 2. The molecule has 4 heteroatoms. The van der Waals surface area contributed by atoms with Crippen LogP contribution in [0.3, 0.4) is 0 Å². The molecule has 0 saturated heterocycles. The van der Waals surface area contributed by atoms with Gasteiger partial charge in [0.15, 0.2) is 11.6 Å². The standard InChI is InChI=1S/C23H34F2OS/c1-2-16-4-6-17(7-5-16)18-8-10-19(11-9-18)20-12-13-21(23(25)22(20)24)26-14-3-15-27/h12-13,16-19,27H,2-11,14-15H2,1H3. The Balaban J connectivity index is 1.55. The summed E-state index contributed by atoms with van der Waals surface area (Å²) in [5.74, 6) is 1.90. The van der Waals surface area contributed by atoms with Crippen molar-refractivity contribution >= 4 is 12.6 Å². The monoisotopic (exact) mass is 396 g/mol. The van der Waals surface area contributed by atoms with Crippen LogP contribution in [0.2, 0.25) is 0 Å². The largest absolute Gasteiger partial charge is 0.490 e. The zero-order valence-corrected chi connectivity index (χ0v) is 17.5. The van der Waals surface area contributed by atoms with E-state index in [-0.39, 0.29) is 11.7 Å². The topological polar surface area (TPSA) is 9.23 Å². The average molecular weight is 397 g/mol. The SMILES string of the molecule is CCC1CCC(C2CCC(c3ccc(OCCCS)c(F)c3F)CC2)CC1. The Morgan fingerprint density at radius 1 is 0.926 bits per heavy atom. The first kappa shape index (κ1) is 21.0. The van der Waals surface area contributed by atoms with Gasteiger partial charge in [0.25, 0.3) is 0 Å². The maximum atomic E-state index is 14.6. The molecule has 2 aliphatic carbocycles. The van der Waals surface area contributed by atoms with Gasteiger partial charge in [0.2, 0.25) is 5.82 Å². The van der Waals surface area contributed by atoms with Crippen molar-refractivity contribution in [1.29, 1.82) is 0 Å². The lowest BCUT2D eigenvalue weighted by atomic mass is 9.68. The molecule has 0 atom stereocenters. The first-order chi connectivity index (χ1) is 13.1. The third kappa shape index (κ3) is 5.19. The smallest absolute Gasteiger partial charge is 0.200 e. The van der Waals surface area contributed by atoms with Crippen molar-refractivity contribution in [2.75, 3.05) is 12.4 Å². The Morgan fingerprint density at radius 3 is 2.15 bits per heavy atom. The number of halogens is 2. The highest BCUT2D eigenvalue weighted by molar-refractivity contribution is 7.80. The molecular weight excluding hydrogens is 362 g/mol. The Hall–Kier alpha value is -0.770. The first-order valence-corrected chi connectivity index (χ1v) is 11.5. The Morgan fingerprint density at radius 2 is 1.56 bits per heavy atom. The highest BCUT2D eigenvalue weighted by Crippen LogP contribution is 2.45. The molecule has 0 aliphatic heterocycles. The van der Waals surface area contributed by atoms with Gasteiger partial charge >= 0.3 is 0 Å². The molecule has 27 heavy (non-hydrogen) atoms. The van der Waals surface area contributed by atoms with Crippen molar-refractivity contribution in [2.24, 2.45) is 17.8 Å². The molecule has 1 aromatic rings. The van der Waals surface area contributed by atoms with E-state index < -0.39 is 11.6 Å². The van der Waals surface area contributed by atoms with Crippen LogP contribution in [-0.4, -0.2) is 12.4 Å². The summed E-state index contributed by atoms with van der Waals surface area (Å²) in [6.07, 6.45) is 11.8. The summed E-state index contributed by atoms with van der Waals surface area (Å²) in [7, 11) is 0. The van der Waals surface area contributed by atoms with Gasteiger partial charge in [-0.1, -0.05) is 32.3 Å². The van der Waals surface area contributed by atoms with Gasteiger partial charge in [-0.2, -0.15) is 17.0 Å². The molecule has 0 aromatic heterocycles. The Kier molecular flexibility index (Phi) is 7.86. The fourth-order valence-corrected chi connectivity index (χ4v) is 5.32. The summed E-state index contributed by atoms with van der Waals surface area (Å²) < 4.78 is 34.3. The summed E-state index contributed by atoms with van der Waals surface area (Å²) in [4.78, 5) is 0. The van der Waals surface area contributed by atoms with E-state index in [1.54, 1.807) is 12.1 Å². The number of ether oxygens (including phenoxy) is 1. The van der Waals surface area contributed by atoms with Crippen LogP contribution in [0.15, 0.2) is 12.1 Å². The van der Waals surface area contributed by atoms with E-state index in [1.807, 2.05) is 0 Å². The minimum absolute atomic E-state index is 0.0272. The van der Waals surface area contributed by atoms with Gasteiger partial charge in [-0.3, -0.25) is 0 Å². The Labute approximate surface area is 168 Å². The molecule has 2 saturated carbocycles. The number of rotatable bonds is 7. The van der Waals surface area contributed by atoms with Gasteiger partial charge in [0.1, 0.15) is 0 Å². The predicted octanol–water partition coefficient (Wildman–Crippen LogP) is 7.15.